The van der Waals surface area contributed by atoms with Crippen LogP contribution in [0.3, 0.4) is 0 Å². The third-order valence-corrected chi connectivity index (χ3v) is 5.86. The van der Waals surface area contributed by atoms with Crippen molar-refractivity contribution in [1.82, 2.24) is 4.98 Å². The first-order valence-corrected chi connectivity index (χ1v) is 12.0. The summed E-state index contributed by atoms with van der Waals surface area (Å²) < 4.78 is 16.8. The predicted molar refractivity (Wildman–Crippen MR) is 135 cm³/mol. The molecule has 0 aliphatic rings. The summed E-state index contributed by atoms with van der Waals surface area (Å²) in [5.74, 6) is 0.959. The molecule has 0 saturated heterocycles. The van der Waals surface area contributed by atoms with Gasteiger partial charge in [0, 0.05) is 19.0 Å². The van der Waals surface area contributed by atoms with E-state index in [9.17, 15) is 9.59 Å². The van der Waals surface area contributed by atoms with Gasteiger partial charge < -0.3 is 14.2 Å². The molecular weight excluding hydrogens is 442 g/mol. The highest BCUT2D eigenvalue weighted by molar-refractivity contribution is 6.09. The summed E-state index contributed by atoms with van der Waals surface area (Å²) in [5.41, 5.74) is 4.16. The third-order valence-electron chi connectivity index (χ3n) is 5.86. The number of ether oxygens (including phenoxy) is 3. The van der Waals surface area contributed by atoms with E-state index in [1.807, 2.05) is 50.2 Å². The zero-order valence-electron chi connectivity index (χ0n) is 20.9. The van der Waals surface area contributed by atoms with Crippen LogP contribution in [0.4, 0.5) is 0 Å². The van der Waals surface area contributed by atoms with Gasteiger partial charge in [0.2, 0.25) is 5.78 Å². The molecule has 0 aliphatic carbocycles. The molecule has 6 heteroatoms. The Bertz CT molecular complexity index is 1140. The molecule has 0 aliphatic heterocycles. The average molecular weight is 476 g/mol. The maximum absolute atomic E-state index is 13.1. The van der Waals surface area contributed by atoms with E-state index in [2.05, 4.69) is 11.9 Å². The molecule has 3 aromatic rings. The lowest BCUT2D eigenvalue weighted by Gasteiger charge is -2.18. The number of hydrogen-bond acceptors (Lipinski definition) is 6. The molecule has 6 nitrogen and oxygen atoms in total. The van der Waals surface area contributed by atoms with Gasteiger partial charge in [0.05, 0.1) is 25.4 Å². The van der Waals surface area contributed by atoms with Gasteiger partial charge in [-0.25, -0.2) is 0 Å². The van der Waals surface area contributed by atoms with Crippen molar-refractivity contribution in [3.05, 3.63) is 88.7 Å². The minimum absolute atomic E-state index is 0.151. The number of ketones is 1. The van der Waals surface area contributed by atoms with Crippen LogP contribution in [0.5, 0.6) is 11.5 Å². The van der Waals surface area contributed by atoms with Crippen molar-refractivity contribution >= 4 is 11.8 Å². The van der Waals surface area contributed by atoms with E-state index >= 15 is 0 Å². The first-order valence-electron chi connectivity index (χ1n) is 12.0. The molecule has 184 valence electrons. The number of methoxy groups -OCH3 is 1. The van der Waals surface area contributed by atoms with Crippen molar-refractivity contribution in [2.24, 2.45) is 0 Å². The van der Waals surface area contributed by atoms with Crippen molar-refractivity contribution in [2.45, 2.75) is 52.6 Å². The molecule has 0 radical (unpaired) electrons. The summed E-state index contributed by atoms with van der Waals surface area (Å²) in [6.07, 6.45) is 3.93. The predicted octanol–water partition coefficient (Wildman–Crippen LogP) is 5.53. The Kier molecular flexibility index (Phi) is 9.41. The van der Waals surface area contributed by atoms with Crippen LogP contribution in [0.25, 0.3) is 0 Å². The fourth-order valence-electron chi connectivity index (χ4n) is 3.71. The molecular formula is C29H33NO5. The van der Waals surface area contributed by atoms with Crippen LogP contribution in [0.15, 0.2) is 60.8 Å². The summed E-state index contributed by atoms with van der Waals surface area (Å²) in [5, 5.41) is 0. The van der Waals surface area contributed by atoms with Crippen LogP contribution in [-0.4, -0.2) is 36.6 Å². The van der Waals surface area contributed by atoms with Gasteiger partial charge in [0.25, 0.3) is 0 Å². The lowest BCUT2D eigenvalue weighted by molar-refractivity contribution is -0.140. The van der Waals surface area contributed by atoms with Gasteiger partial charge in [-0.05, 0) is 79.8 Å². The van der Waals surface area contributed by atoms with Crippen molar-refractivity contribution in [3.63, 3.8) is 0 Å². The molecule has 1 aromatic heterocycles. The van der Waals surface area contributed by atoms with E-state index in [-0.39, 0.29) is 17.9 Å². The van der Waals surface area contributed by atoms with E-state index in [0.717, 1.165) is 28.9 Å². The Labute approximate surface area is 207 Å². The molecule has 0 spiro atoms. The molecule has 0 bridgehead atoms. The number of carbonyl (C=O) groups is 2. The number of hydrogen-bond donors (Lipinski definition) is 0. The summed E-state index contributed by atoms with van der Waals surface area (Å²) in [6, 6.07) is 16.9. The number of esters is 1. The highest BCUT2D eigenvalue weighted by Gasteiger charge is 2.18. The second kappa shape index (κ2) is 12.7. The SMILES string of the molecule is CCc1ccc(O[C@H](C)CCOc2ccc(CCC(=O)OC)c(C)c2)c(C(=O)c2ccccn2)c1. The molecule has 1 atom stereocenters. The number of aryl methyl sites for hydroxylation is 3. The smallest absolute Gasteiger partial charge is 0.305 e. The second-order valence-electron chi connectivity index (χ2n) is 8.46. The topological polar surface area (TPSA) is 74.7 Å². The highest BCUT2D eigenvalue weighted by atomic mass is 16.5. The third kappa shape index (κ3) is 7.41. The van der Waals surface area contributed by atoms with Crippen molar-refractivity contribution in [1.29, 1.82) is 0 Å². The van der Waals surface area contributed by atoms with Gasteiger partial charge in [-0.1, -0.05) is 25.1 Å². The van der Waals surface area contributed by atoms with E-state index in [4.69, 9.17) is 14.2 Å². The van der Waals surface area contributed by atoms with E-state index in [0.29, 0.717) is 42.9 Å². The Morgan fingerprint density at radius 3 is 2.57 bits per heavy atom. The first kappa shape index (κ1) is 25.9. The molecule has 35 heavy (non-hydrogen) atoms. The summed E-state index contributed by atoms with van der Waals surface area (Å²) in [4.78, 5) is 28.7. The first-order chi connectivity index (χ1) is 16.9. The molecule has 0 N–H and O–H groups in total. The highest BCUT2D eigenvalue weighted by Crippen LogP contribution is 2.25. The zero-order valence-corrected chi connectivity index (χ0v) is 20.9. The monoisotopic (exact) mass is 475 g/mol. The molecule has 1 heterocycles. The quantitative estimate of drug-likeness (QED) is 0.253. The Hall–Kier alpha value is -3.67. The van der Waals surface area contributed by atoms with E-state index in [1.54, 1.807) is 24.4 Å². The van der Waals surface area contributed by atoms with E-state index < -0.39 is 0 Å². The van der Waals surface area contributed by atoms with Gasteiger partial charge in [0.1, 0.15) is 17.2 Å². The number of rotatable bonds is 12. The average Bonchev–Trinajstić information content (AvgIpc) is 2.88. The number of benzene rings is 2. The summed E-state index contributed by atoms with van der Waals surface area (Å²) >= 11 is 0. The second-order valence-corrected chi connectivity index (χ2v) is 8.46. The molecule has 2 aromatic carbocycles. The number of nitrogens with zero attached hydrogens (tertiary/aromatic N) is 1. The normalized spacial score (nSPS) is 11.5. The van der Waals surface area contributed by atoms with Gasteiger partial charge in [-0.15, -0.1) is 0 Å². The number of carbonyl (C=O) groups excluding carboxylic acids is 2. The van der Waals surface area contributed by atoms with Crippen LogP contribution >= 0.6 is 0 Å². The van der Waals surface area contributed by atoms with Crippen molar-refractivity contribution in [2.75, 3.05) is 13.7 Å². The largest absolute Gasteiger partial charge is 0.493 e. The van der Waals surface area contributed by atoms with Crippen LogP contribution in [0.2, 0.25) is 0 Å². The minimum Gasteiger partial charge on any atom is -0.493 e. The molecule has 0 unspecified atom stereocenters. The lowest BCUT2D eigenvalue weighted by atomic mass is 10.0. The lowest BCUT2D eigenvalue weighted by Crippen LogP contribution is -2.18. The summed E-state index contributed by atoms with van der Waals surface area (Å²) in [6.45, 7) is 6.50. The number of pyridine rings is 1. The van der Waals surface area contributed by atoms with Crippen LogP contribution in [0.1, 0.15) is 59.4 Å². The molecule has 0 fully saturated rings. The van der Waals surface area contributed by atoms with Crippen LogP contribution in [-0.2, 0) is 22.4 Å². The Morgan fingerprint density at radius 2 is 1.89 bits per heavy atom. The van der Waals surface area contributed by atoms with Crippen LogP contribution < -0.4 is 9.47 Å². The van der Waals surface area contributed by atoms with Crippen molar-refractivity contribution < 1.29 is 23.8 Å². The van der Waals surface area contributed by atoms with Gasteiger partial charge in [0.15, 0.2) is 0 Å². The maximum atomic E-state index is 13.1. The minimum atomic E-state index is -0.215. The zero-order chi connectivity index (χ0) is 25.2. The molecule has 0 amide bonds. The molecule has 0 saturated carbocycles. The van der Waals surface area contributed by atoms with Crippen molar-refractivity contribution in [3.8, 4) is 11.5 Å². The Morgan fingerprint density at radius 1 is 1.06 bits per heavy atom. The van der Waals surface area contributed by atoms with Gasteiger partial charge in [-0.3, -0.25) is 14.6 Å². The van der Waals surface area contributed by atoms with Gasteiger partial charge in [-0.2, -0.15) is 0 Å². The maximum Gasteiger partial charge on any atom is 0.305 e. The molecule has 3 rings (SSSR count). The van der Waals surface area contributed by atoms with Gasteiger partial charge >= 0.3 is 5.97 Å². The van der Waals surface area contributed by atoms with Crippen LogP contribution in [0, 0.1) is 6.92 Å². The summed E-state index contributed by atoms with van der Waals surface area (Å²) in [7, 11) is 1.40. The Balaban J connectivity index is 1.59. The van der Waals surface area contributed by atoms with E-state index in [1.165, 1.54) is 7.11 Å². The number of aromatic nitrogens is 1. The fourth-order valence-corrected chi connectivity index (χ4v) is 3.71. The fraction of sp³-hybridized carbons (Fsp3) is 0.345. The standard InChI is InChI=1S/C29H33NO5/c1-5-22-9-13-27(25(19-22)29(32)26-8-6-7-16-30-26)35-21(3)15-17-34-24-12-10-23(20(2)18-24)11-14-28(31)33-4/h6-10,12-13,16,18-19,21H,5,11,14-15,17H2,1-4H3/t21-/m1/s1.